The minimum Gasteiger partial charge on any atom is -0.378 e. The number of benzene rings is 1. The van der Waals surface area contributed by atoms with Crippen LogP contribution in [0.25, 0.3) is 0 Å². The summed E-state index contributed by atoms with van der Waals surface area (Å²) in [5.41, 5.74) is 1.85. The Kier molecular flexibility index (Phi) is 1.68. The van der Waals surface area contributed by atoms with Crippen LogP contribution < -0.4 is 4.90 Å². The summed E-state index contributed by atoms with van der Waals surface area (Å²) in [6.07, 6.45) is 0. The number of ether oxygens (including phenoxy) is 1. The topological polar surface area (TPSA) is 29.5 Å². The van der Waals surface area contributed by atoms with E-state index in [0.717, 1.165) is 17.8 Å². The van der Waals surface area contributed by atoms with Crippen molar-refractivity contribution in [2.24, 2.45) is 0 Å². The molecule has 0 atom stereocenters. The molecular formula is C12H13NO2. The normalized spacial score (nSPS) is 21.7. The van der Waals surface area contributed by atoms with Gasteiger partial charge in [0.2, 0.25) is 5.91 Å². The van der Waals surface area contributed by atoms with Crippen LogP contribution in [0, 0.1) is 0 Å². The third-order valence-electron chi connectivity index (χ3n) is 3.38. The number of carbonyl (C=O) groups is 1. The van der Waals surface area contributed by atoms with Gasteiger partial charge in [-0.15, -0.1) is 0 Å². The van der Waals surface area contributed by atoms with Gasteiger partial charge in [-0.1, -0.05) is 18.2 Å². The number of anilines is 1. The molecule has 0 bridgehead atoms. The van der Waals surface area contributed by atoms with Crippen molar-refractivity contribution in [1.82, 2.24) is 0 Å². The molecule has 1 fully saturated rings. The van der Waals surface area contributed by atoms with E-state index < -0.39 is 0 Å². The lowest BCUT2D eigenvalue weighted by Crippen LogP contribution is -2.54. The Morgan fingerprint density at radius 2 is 2.13 bits per heavy atom. The highest BCUT2D eigenvalue weighted by atomic mass is 16.5. The molecule has 1 amide bonds. The second-order valence-electron chi connectivity index (χ2n) is 4.14. The van der Waals surface area contributed by atoms with Crippen molar-refractivity contribution < 1.29 is 9.53 Å². The van der Waals surface area contributed by atoms with Crippen LogP contribution in [-0.2, 0) is 14.9 Å². The number of para-hydroxylation sites is 1. The van der Waals surface area contributed by atoms with Crippen molar-refractivity contribution >= 4 is 11.6 Å². The SMILES string of the molecule is CCN1C(=O)C2(COC2)c2ccccc21. The Bertz CT molecular complexity index is 423. The number of rotatable bonds is 1. The van der Waals surface area contributed by atoms with Crippen molar-refractivity contribution in [2.75, 3.05) is 24.7 Å². The van der Waals surface area contributed by atoms with Gasteiger partial charge >= 0.3 is 0 Å². The highest BCUT2D eigenvalue weighted by Crippen LogP contribution is 2.45. The van der Waals surface area contributed by atoms with E-state index in [9.17, 15) is 4.79 Å². The van der Waals surface area contributed by atoms with Gasteiger partial charge in [-0.3, -0.25) is 4.79 Å². The van der Waals surface area contributed by atoms with Crippen LogP contribution >= 0.6 is 0 Å². The first kappa shape index (κ1) is 8.92. The van der Waals surface area contributed by atoms with E-state index in [1.807, 2.05) is 36.1 Å². The number of likely N-dealkylation sites (N-methyl/N-ethyl adjacent to an activating group) is 1. The first-order valence-corrected chi connectivity index (χ1v) is 5.29. The standard InChI is InChI=1S/C12H13NO2/c1-2-13-10-6-4-3-5-9(10)12(11(13)14)7-15-8-12/h3-6H,2,7-8H2,1H3. The molecule has 1 spiro atoms. The van der Waals surface area contributed by atoms with Crippen LogP contribution in [-0.4, -0.2) is 25.7 Å². The van der Waals surface area contributed by atoms with Crippen molar-refractivity contribution in [1.29, 1.82) is 0 Å². The van der Waals surface area contributed by atoms with Gasteiger partial charge in [0.15, 0.2) is 0 Å². The molecule has 0 N–H and O–H groups in total. The second-order valence-corrected chi connectivity index (χ2v) is 4.14. The Balaban J connectivity index is 2.19. The molecule has 3 rings (SSSR count). The highest BCUT2D eigenvalue weighted by Gasteiger charge is 2.55. The molecular weight excluding hydrogens is 190 g/mol. The highest BCUT2D eigenvalue weighted by molar-refractivity contribution is 6.08. The first-order valence-electron chi connectivity index (χ1n) is 5.29. The summed E-state index contributed by atoms with van der Waals surface area (Å²) < 4.78 is 5.23. The predicted molar refractivity (Wildman–Crippen MR) is 57.0 cm³/mol. The lowest BCUT2D eigenvalue weighted by Gasteiger charge is -2.36. The lowest BCUT2D eigenvalue weighted by molar-refractivity contribution is -0.140. The molecule has 0 unspecified atom stereocenters. The first-order chi connectivity index (χ1) is 7.29. The zero-order chi connectivity index (χ0) is 10.5. The van der Waals surface area contributed by atoms with Crippen LogP contribution in [0.3, 0.4) is 0 Å². The minimum absolute atomic E-state index is 0.206. The number of amides is 1. The van der Waals surface area contributed by atoms with Gasteiger partial charge in [0, 0.05) is 12.2 Å². The number of fused-ring (bicyclic) bond motifs is 2. The molecule has 2 aliphatic rings. The number of hydrogen-bond donors (Lipinski definition) is 0. The van der Waals surface area contributed by atoms with Crippen LogP contribution in [0.5, 0.6) is 0 Å². The maximum atomic E-state index is 12.2. The molecule has 1 aromatic rings. The Morgan fingerprint density at radius 1 is 1.40 bits per heavy atom. The molecule has 15 heavy (non-hydrogen) atoms. The van der Waals surface area contributed by atoms with E-state index in [-0.39, 0.29) is 11.3 Å². The summed E-state index contributed by atoms with van der Waals surface area (Å²) in [5.74, 6) is 0.206. The number of hydrogen-bond acceptors (Lipinski definition) is 2. The third kappa shape index (κ3) is 0.913. The van der Waals surface area contributed by atoms with Gasteiger partial charge in [0.1, 0.15) is 5.41 Å². The Morgan fingerprint density at radius 3 is 2.73 bits per heavy atom. The summed E-state index contributed by atoms with van der Waals surface area (Å²) in [6.45, 7) is 3.82. The van der Waals surface area contributed by atoms with Gasteiger partial charge in [0.05, 0.1) is 13.2 Å². The minimum atomic E-state index is -0.355. The fourth-order valence-corrected chi connectivity index (χ4v) is 2.50. The zero-order valence-corrected chi connectivity index (χ0v) is 8.69. The summed E-state index contributed by atoms with van der Waals surface area (Å²) in [4.78, 5) is 14.1. The van der Waals surface area contributed by atoms with Crippen molar-refractivity contribution in [3.05, 3.63) is 29.8 Å². The van der Waals surface area contributed by atoms with E-state index in [0.29, 0.717) is 13.2 Å². The summed E-state index contributed by atoms with van der Waals surface area (Å²) >= 11 is 0. The molecule has 3 heteroatoms. The average Bonchev–Trinajstić information content (AvgIpc) is 2.45. The molecule has 2 aliphatic heterocycles. The van der Waals surface area contributed by atoms with Gasteiger partial charge < -0.3 is 9.64 Å². The Labute approximate surface area is 88.6 Å². The summed E-state index contributed by atoms with van der Waals surface area (Å²) in [5, 5.41) is 0. The van der Waals surface area contributed by atoms with Gasteiger partial charge in [-0.2, -0.15) is 0 Å². The van der Waals surface area contributed by atoms with Gasteiger partial charge in [-0.25, -0.2) is 0 Å². The van der Waals surface area contributed by atoms with Crippen molar-refractivity contribution in [3.63, 3.8) is 0 Å². The summed E-state index contributed by atoms with van der Waals surface area (Å²) in [6, 6.07) is 8.04. The van der Waals surface area contributed by atoms with Crippen molar-refractivity contribution in [3.8, 4) is 0 Å². The molecule has 0 saturated carbocycles. The summed E-state index contributed by atoms with van der Waals surface area (Å²) in [7, 11) is 0. The van der Waals surface area contributed by atoms with E-state index in [1.54, 1.807) is 0 Å². The quantitative estimate of drug-likeness (QED) is 0.689. The van der Waals surface area contributed by atoms with Crippen LogP contribution in [0.1, 0.15) is 12.5 Å². The van der Waals surface area contributed by atoms with E-state index in [2.05, 4.69) is 0 Å². The fourth-order valence-electron chi connectivity index (χ4n) is 2.50. The van der Waals surface area contributed by atoms with Crippen LogP contribution in [0.15, 0.2) is 24.3 Å². The molecule has 0 radical (unpaired) electrons. The lowest BCUT2D eigenvalue weighted by atomic mass is 9.80. The molecule has 0 aliphatic carbocycles. The molecule has 2 heterocycles. The fraction of sp³-hybridized carbons (Fsp3) is 0.417. The van der Waals surface area contributed by atoms with Crippen LogP contribution in [0.4, 0.5) is 5.69 Å². The predicted octanol–water partition coefficient (Wildman–Crippen LogP) is 1.32. The molecule has 1 aromatic carbocycles. The third-order valence-corrected chi connectivity index (χ3v) is 3.38. The van der Waals surface area contributed by atoms with Crippen LogP contribution in [0.2, 0.25) is 0 Å². The Hall–Kier alpha value is -1.35. The van der Waals surface area contributed by atoms with E-state index >= 15 is 0 Å². The zero-order valence-electron chi connectivity index (χ0n) is 8.69. The van der Waals surface area contributed by atoms with Gasteiger partial charge in [0.25, 0.3) is 0 Å². The largest absolute Gasteiger partial charge is 0.378 e. The maximum absolute atomic E-state index is 12.2. The molecule has 0 aromatic heterocycles. The monoisotopic (exact) mass is 203 g/mol. The molecule has 78 valence electrons. The smallest absolute Gasteiger partial charge is 0.242 e. The van der Waals surface area contributed by atoms with E-state index in [1.165, 1.54) is 0 Å². The second kappa shape index (κ2) is 2.83. The van der Waals surface area contributed by atoms with E-state index in [4.69, 9.17) is 4.74 Å². The van der Waals surface area contributed by atoms with Crippen molar-refractivity contribution in [2.45, 2.75) is 12.3 Å². The van der Waals surface area contributed by atoms with Gasteiger partial charge in [-0.05, 0) is 18.6 Å². The maximum Gasteiger partial charge on any atom is 0.242 e. The molecule has 1 saturated heterocycles. The average molecular weight is 203 g/mol. The molecule has 3 nitrogen and oxygen atoms in total. The number of carbonyl (C=O) groups excluding carboxylic acids is 1. The number of nitrogens with zero attached hydrogens (tertiary/aromatic N) is 1.